The zero-order valence-electron chi connectivity index (χ0n) is 18.7. The van der Waals surface area contributed by atoms with Crippen LogP contribution in [-0.4, -0.2) is 32.4 Å². The van der Waals surface area contributed by atoms with Crippen molar-refractivity contribution in [2.45, 2.75) is 26.4 Å². The molecule has 0 bridgehead atoms. The molecule has 0 saturated carbocycles. The van der Waals surface area contributed by atoms with Crippen molar-refractivity contribution in [1.82, 2.24) is 19.5 Å². The Hall–Kier alpha value is -4.01. The Morgan fingerprint density at radius 3 is 2.38 bits per heavy atom. The maximum Gasteiger partial charge on any atom is 0.416 e. The van der Waals surface area contributed by atoms with Crippen LogP contribution < -0.4 is 4.74 Å². The second-order valence-corrected chi connectivity index (χ2v) is 7.79. The molecule has 0 spiro atoms. The van der Waals surface area contributed by atoms with Gasteiger partial charge in [0, 0.05) is 25.1 Å². The van der Waals surface area contributed by atoms with Gasteiger partial charge in [-0.1, -0.05) is 18.2 Å². The third kappa shape index (κ3) is 4.98. The molecule has 0 aliphatic rings. The second kappa shape index (κ2) is 9.09. The lowest BCUT2D eigenvalue weighted by Gasteiger charge is -2.12. The first-order chi connectivity index (χ1) is 16.1. The summed E-state index contributed by atoms with van der Waals surface area (Å²) in [5.41, 5.74) is 2.81. The van der Waals surface area contributed by atoms with Gasteiger partial charge in [-0.3, -0.25) is 4.79 Å². The standard InChI is InChI=1S/C25H21F3N4O2/c1-15-13-32(14-29-15)22-9-4-17(10-23(22)34-3)11-24-30-20(16(2)33)12-21(31-24)18-5-7-19(8-6-18)25(26,27)28/h4-10,12-14H,11H2,1-3H3. The highest BCUT2D eigenvalue weighted by atomic mass is 19.4. The van der Waals surface area contributed by atoms with E-state index in [0.717, 1.165) is 29.1 Å². The van der Waals surface area contributed by atoms with E-state index in [9.17, 15) is 18.0 Å². The number of Topliss-reactive ketones (excluding diaryl/α,β-unsaturated/α-hetero) is 1. The Kier molecular flexibility index (Phi) is 6.19. The molecule has 0 N–H and O–H groups in total. The van der Waals surface area contributed by atoms with E-state index in [0.29, 0.717) is 29.3 Å². The molecule has 34 heavy (non-hydrogen) atoms. The number of benzene rings is 2. The molecule has 9 heteroatoms. The maximum absolute atomic E-state index is 12.9. The number of aromatic nitrogens is 4. The van der Waals surface area contributed by atoms with Gasteiger partial charge in [-0.2, -0.15) is 13.2 Å². The smallest absolute Gasteiger partial charge is 0.416 e. The fourth-order valence-corrected chi connectivity index (χ4v) is 3.52. The summed E-state index contributed by atoms with van der Waals surface area (Å²) in [6.07, 6.45) is -0.551. The third-order valence-corrected chi connectivity index (χ3v) is 5.24. The highest BCUT2D eigenvalue weighted by Crippen LogP contribution is 2.31. The molecular weight excluding hydrogens is 445 g/mol. The highest BCUT2D eigenvalue weighted by Gasteiger charge is 2.30. The summed E-state index contributed by atoms with van der Waals surface area (Å²) in [5.74, 6) is 0.733. The fourth-order valence-electron chi connectivity index (χ4n) is 3.52. The van der Waals surface area contributed by atoms with E-state index in [1.807, 2.05) is 35.9 Å². The summed E-state index contributed by atoms with van der Waals surface area (Å²) >= 11 is 0. The number of imidazole rings is 1. The molecular formula is C25H21F3N4O2. The van der Waals surface area contributed by atoms with Crippen molar-refractivity contribution in [3.05, 3.63) is 89.4 Å². The molecule has 4 aromatic rings. The van der Waals surface area contributed by atoms with E-state index in [-0.39, 0.29) is 11.5 Å². The molecule has 0 fully saturated rings. The summed E-state index contributed by atoms with van der Waals surface area (Å²) in [6.45, 7) is 3.28. The number of ether oxygens (including phenoxy) is 1. The van der Waals surface area contributed by atoms with Gasteiger partial charge in [0.15, 0.2) is 5.78 Å². The number of nitrogens with zero attached hydrogens (tertiary/aromatic N) is 4. The number of rotatable bonds is 6. The summed E-state index contributed by atoms with van der Waals surface area (Å²) < 4.78 is 46.1. The quantitative estimate of drug-likeness (QED) is 0.353. The normalized spacial score (nSPS) is 11.5. The lowest BCUT2D eigenvalue weighted by molar-refractivity contribution is -0.137. The lowest BCUT2D eigenvalue weighted by Crippen LogP contribution is -2.07. The van der Waals surface area contributed by atoms with Gasteiger partial charge in [0.25, 0.3) is 0 Å². The SMILES string of the molecule is COc1cc(Cc2nc(C(C)=O)cc(-c3ccc(C(F)(F)F)cc3)n2)ccc1-n1cnc(C)c1. The summed E-state index contributed by atoms with van der Waals surface area (Å²) in [7, 11) is 1.57. The number of carbonyl (C=O) groups is 1. The van der Waals surface area contributed by atoms with Crippen molar-refractivity contribution in [3.8, 4) is 22.7 Å². The van der Waals surface area contributed by atoms with Gasteiger partial charge >= 0.3 is 6.18 Å². The van der Waals surface area contributed by atoms with E-state index < -0.39 is 11.7 Å². The number of methoxy groups -OCH3 is 1. The molecule has 2 heterocycles. The van der Waals surface area contributed by atoms with Crippen LogP contribution in [0.25, 0.3) is 16.9 Å². The number of alkyl halides is 3. The summed E-state index contributed by atoms with van der Waals surface area (Å²) in [4.78, 5) is 25.2. The largest absolute Gasteiger partial charge is 0.495 e. The van der Waals surface area contributed by atoms with E-state index in [1.165, 1.54) is 25.1 Å². The molecule has 4 rings (SSSR count). The zero-order chi connectivity index (χ0) is 24.5. The molecule has 174 valence electrons. The highest BCUT2D eigenvalue weighted by molar-refractivity contribution is 5.93. The van der Waals surface area contributed by atoms with Gasteiger partial charge < -0.3 is 9.30 Å². The summed E-state index contributed by atoms with van der Waals surface area (Å²) in [6, 6.07) is 11.8. The first-order valence-corrected chi connectivity index (χ1v) is 10.4. The molecule has 2 aromatic carbocycles. The van der Waals surface area contributed by atoms with Crippen LogP contribution in [0.3, 0.4) is 0 Å². The monoisotopic (exact) mass is 466 g/mol. The van der Waals surface area contributed by atoms with Crippen molar-refractivity contribution in [2.75, 3.05) is 7.11 Å². The minimum absolute atomic E-state index is 0.192. The van der Waals surface area contributed by atoms with Gasteiger partial charge in [0.1, 0.15) is 17.3 Å². The molecule has 0 amide bonds. The first kappa shape index (κ1) is 23.2. The van der Waals surface area contributed by atoms with Crippen LogP contribution in [0.5, 0.6) is 5.75 Å². The van der Waals surface area contributed by atoms with Gasteiger partial charge in [-0.25, -0.2) is 15.0 Å². The van der Waals surface area contributed by atoms with Crippen molar-refractivity contribution in [3.63, 3.8) is 0 Å². The van der Waals surface area contributed by atoms with Crippen molar-refractivity contribution in [2.24, 2.45) is 0 Å². The minimum Gasteiger partial charge on any atom is -0.495 e. The topological polar surface area (TPSA) is 69.9 Å². The molecule has 0 atom stereocenters. The fraction of sp³-hybridized carbons (Fsp3) is 0.200. The molecule has 2 aromatic heterocycles. The van der Waals surface area contributed by atoms with Crippen LogP contribution in [0.1, 0.15) is 40.1 Å². The van der Waals surface area contributed by atoms with Gasteiger partial charge in [0.05, 0.1) is 36.1 Å². The Morgan fingerprint density at radius 2 is 1.79 bits per heavy atom. The van der Waals surface area contributed by atoms with Crippen LogP contribution in [-0.2, 0) is 12.6 Å². The molecule has 6 nitrogen and oxygen atoms in total. The Labute approximate surface area is 194 Å². The Morgan fingerprint density at radius 1 is 1.06 bits per heavy atom. The van der Waals surface area contributed by atoms with Gasteiger partial charge in [-0.05, 0) is 42.8 Å². The Bertz CT molecular complexity index is 1350. The average Bonchev–Trinajstić information content (AvgIpc) is 3.24. The second-order valence-electron chi connectivity index (χ2n) is 7.79. The zero-order valence-corrected chi connectivity index (χ0v) is 18.7. The molecule has 0 aliphatic heterocycles. The van der Waals surface area contributed by atoms with Crippen molar-refractivity contribution >= 4 is 5.78 Å². The van der Waals surface area contributed by atoms with Crippen LogP contribution in [0.4, 0.5) is 13.2 Å². The number of hydrogen-bond donors (Lipinski definition) is 0. The van der Waals surface area contributed by atoms with E-state index in [1.54, 1.807) is 13.4 Å². The van der Waals surface area contributed by atoms with E-state index in [4.69, 9.17) is 4.74 Å². The average molecular weight is 466 g/mol. The minimum atomic E-state index is -4.43. The van der Waals surface area contributed by atoms with Crippen LogP contribution in [0.15, 0.2) is 61.1 Å². The third-order valence-electron chi connectivity index (χ3n) is 5.24. The van der Waals surface area contributed by atoms with Crippen molar-refractivity contribution < 1.29 is 22.7 Å². The molecule has 0 unspecified atom stereocenters. The Balaban J connectivity index is 1.68. The number of aryl methyl sites for hydroxylation is 1. The lowest BCUT2D eigenvalue weighted by atomic mass is 10.1. The summed E-state index contributed by atoms with van der Waals surface area (Å²) in [5, 5.41) is 0. The van der Waals surface area contributed by atoms with Gasteiger partial charge in [-0.15, -0.1) is 0 Å². The molecule has 0 aliphatic carbocycles. The van der Waals surface area contributed by atoms with Crippen LogP contribution >= 0.6 is 0 Å². The number of halogens is 3. The number of hydrogen-bond acceptors (Lipinski definition) is 5. The first-order valence-electron chi connectivity index (χ1n) is 10.4. The predicted molar refractivity (Wildman–Crippen MR) is 120 cm³/mol. The van der Waals surface area contributed by atoms with Gasteiger partial charge in [0.2, 0.25) is 0 Å². The maximum atomic E-state index is 12.9. The number of carbonyl (C=O) groups excluding carboxylic acids is 1. The van der Waals surface area contributed by atoms with E-state index in [2.05, 4.69) is 15.0 Å². The van der Waals surface area contributed by atoms with E-state index >= 15 is 0 Å². The van der Waals surface area contributed by atoms with Crippen molar-refractivity contribution in [1.29, 1.82) is 0 Å². The molecule has 0 saturated heterocycles. The number of ketones is 1. The molecule has 0 radical (unpaired) electrons. The predicted octanol–water partition coefficient (Wildman–Crippen LogP) is 5.46. The van der Waals surface area contributed by atoms with Crippen LogP contribution in [0, 0.1) is 6.92 Å². The van der Waals surface area contributed by atoms with Crippen LogP contribution in [0.2, 0.25) is 0 Å².